The first-order chi connectivity index (χ1) is 28.3. The third-order valence-electron chi connectivity index (χ3n) is 11.7. The number of furan rings is 1. The number of aromatic nitrogens is 1. The van der Waals surface area contributed by atoms with E-state index < -0.39 is 0 Å². The number of benzene rings is 8. The van der Waals surface area contributed by atoms with E-state index in [0.717, 1.165) is 27.6 Å². The lowest BCUT2D eigenvalue weighted by Gasteiger charge is -2.39. The van der Waals surface area contributed by atoms with Gasteiger partial charge in [0.05, 0.1) is 35.2 Å². The second-order valence-electron chi connectivity index (χ2n) is 15.0. The van der Waals surface area contributed by atoms with Gasteiger partial charge < -0.3 is 8.98 Å². The first-order valence-corrected chi connectivity index (χ1v) is 20.3. The summed E-state index contributed by atoms with van der Waals surface area (Å²) in [5, 5.41) is 18.9. The zero-order valence-electron chi connectivity index (χ0n) is 30.8. The van der Waals surface area contributed by atoms with E-state index in [1.807, 2.05) is 11.3 Å². The fourth-order valence-electron chi connectivity index (χ4n) is 9.15. The molecule has 11 aromatic rings. The number of hydrogen-bond donors (Lipinski definition) is 3. The average Bonchev–Trinajstić information content (AvgIpc) is 3.96. The largest absolute Gasteiger partial charge is 0.454 e. The fraction of sp³-hybridized carbons (Fsp3) is 0.0588. The van der Waals surface area contributed by atoms with Crippen LogP contribution in [0.15, 0.2) is 186 Å². The van der Waals surface area contributed by atoms with Gasteiger partial charge in [-0.15, -0.1) is 11.3 Å². The normalized spacial score (nSPS) is 17.4. The van der Waals surface area contributed by atoms with Crippen molar-refractivity contribution in [3.8, 4) is 16.8 Å². The van der Waals surface area contributed by atoms with Gasteiger partial charge in [-0.2, -0.15) is 0 Å². The minimum absolute atomic E-state index is 0.0281. The Kier molecular flexibility index (Phi) is 7.46. The Morgan fingerprint density at radius 1 is 0.474 bits per heavy atom. The quantitative estimate of drug-likeness (QED) is 0.164. The van der Waals surface area contributed by atoms with Crippen LogP contribution in [-0.4, -0.2) is 4.57 Å². The molecular formula is C51H36N4OS. The molecule has 3 N–H and O–H groups in total. The molecule has 8 aromatic carbocycles. The van der Waals surface area contributed by atoms with Crippen molar-refractivity contribution in [1.29, 1.82) is 0 Å². The van der Waals surface area contributed by atoms with E-state index in [1.165, 1.54) is 69.8 Å². The molecule has 0 bridgehead atoms. The zero-order chi connectivity index (χ0) is 37.5. The molecule has 57 heavy (non-hydrogen) atoms. The van der Waals surface area contributed by atoms with Crippen LogP contribution in [0.2, 0.25) is 0 Å². The number of nitrogens with one attached hydrogen (secondary N) is 3. The van der Waals surface area contributed by atoms with Crippen LogP contribution in [0.3, 0.4) is 0 Å². The Balaban J connectivity index is 0.985. The summed E-state index contributed by atoms with van der Waals surface area (Å²) >= 11 is 1.87. The third-order valence-corrected chi connectivity index (χ3v) is 13.0. The molecule has 2 unspecified atom stereocenters. The molecule has 6 heteroatoms. The van der Waals surface area contributed by atoms with Crippen molar-refractivity contribution in [2.24, 2.45) is 0 Å². The molecule has 1 fully saturated rings. The molecule has 1 saturated heterocycles. The molecule has 1 aliphatic rings. The third kappa shape index (κ3) is 5.19. The summed E-state index contributed by atoms with van der Waals surface area (Å²) in [5.41, 5.74) is 11.2. The van der Waals surface area contributed by atoms with Gasteiger partial charge in [0.1, 0.15) is 5.58 Å². The monoisotopic (exact) mass is 752 g/mol. The molecular weight excluding hydrogens is 717 g/mol. The van der Waals surface area contributed by atoms with Gasteiger partial charge in [-0.05, 0) is 58.7 Å². The smallest absolute Gasteiger partial charge is 0.159 e. The van der Waals surface area contributed by atoms with Crippen LogP contribution >= 0.6 is 11.3 Å². The van der Waals surface area contributed by atoms with E-state index in [2.05, 4.69) is 203 Å². The first kappa shape index (κ1) is 32.7. The second-order valence-corrected chi connectivity index (χ2v) is 16.0. The summed E-state index contributed by atoms with van der Waals surface area (Å²) in [6.07, 6.45) is -0.132. The molecule has 0 saturated carbocycles. The molecule has 1 aliphatic heterocycles. The highest BCUT2D eigenvalue weighted by atomic mass is 32.1. The van der Waals surface area contributed by atoms with E-state index in [4.69, 9.17) is 4.42 Å². The maximum absolute atomic E-state index is 6.84. The Morgan fingerprint density at radius 2 is 1.07 bits per heavy atom. The molecule has 3 aromatic heterocycles. The molecule has 272 valence electrons. The highest BCUT2D eigenvalue weighted by molar-refractivity contribution is 7.26. The van der Waals surface area contributed by atoms with E-state index in [-0.39, 0.29) is 18.5 Å². The van der Waals surface area contributed by atoms with E-state index in [0.29, 0.717) is 0 Å². The lowest BCUT2D eigenvalue weighted by Crippen LogP contribution is -2.54. The fourth-order valence-corrected chi connectivity index (χ4v) is 10.4. The topological polar surface area (TPSA) is 54.2 Å². The summed E-state index contributed by atoms with van der Waals surface area (Å²) in [6, 6.07) is 65.3. The molecule has 2 atom stereocenters. The summed E-state index contributed by atoms with van der Waals surface area (Å²) in [4.78, 5) is 0. The zero-order valence-corrected chi connectivity index (χ0v) is 31.6. The summed E-state index contributed by atoms with van der Waals surface area (Å²) in [6.45, 7) is 0. The highest BCUT2D eigenvalue weighted by Gasteiger charge is 2.31. The molecule has 0 aliphatic carbocycles. The van der Waals surface area contributed by atoms with Gasteiger partial charge in [0.25, 0.3) is 0 Å². The van der Waals surface area contributed by atoms with Gasteiger partial charge in [-0.25, -0.2) is 0 Å². The lowest BCUT2D eigenvalue weighted by atomic mass is 9.97. The molecule has 5 nitrogen and oxygen atoms in total. The van der Waals surface area contributed by atoms with Gasteiger partial charge in [-0.3, -0.25) is 16.0 Å². The highest BCUT2D eigenvalue weighted by Crippen LogP contribution is 2.44. The molecule has 0 spiro atoms. The summed E-state index contributed by atoms with van der Waals surface area (Å²) in [5.74, 6) is 0. The van der Waals surface area contributed by atoms with Crippen LogP contribution in [0, 0.1) is 0 Å². The van der Waals surface area contributed by atoms with Crippen LogP contribution in [0.5, 0.6) is 0 Å². The van der Waals surface area contributed by atoms with Crippen LogP contribution < -0.4 is 16.0 Å². The number of para-hydroxylation sites is 3. The molecule has 0 radical (unpaired) electrons. The lowest BCUT2D eigenvalue weighted by molar-refractivity contribution is 0.204. The van der Waals surface area contributed by atoms with E-state index in [9.17, 15) is 0 Å². The molecule has 4 heterocycles. The Bertz CT molecular complexity index is 3210. The van der Waals surface area contributed by atoms with Gasteiger partial charge in [0.2, 0.25) is 0 Å². The van der Waals surface area contributed by atoms with Crippen molar-refractivity contribution in [3.05, 3.63) is 199 Å². The van der Waals surface area contributed by atoms with Crippen molar-refractivity contribution in [1.82, 2.24) is 20.5 Å². The van der Waals surface area contributed by atoms with Crippen LogP contribution in [0.1, 0.15) is 35.2 Å². The van der Waals surface area contributed by atoms with E-state index in [1.54, 1.807) is 0 Å². The Hall–Kier alpha value is -6.54. The van der Waals surface area contributed by atoms with Crippen LogP contribution in [0.25, 0.3) is 80.7 Å². The van der Waals surface area contributed by atoms with Crippen LogP contribution in [0.4, 0.5) is 0 Å². The predicted octanol–water partition coefficient (Wildman–Crippen LogP) is 12.9. The number of thiophene rings is 1. The predicted molar refractivity (Wildman–Crippen MR) is 237 cm³/mol. The number of fused-ring (bicyclic) bond motifs is 9. The minimum Gasteiger partial charge on any atom is -0.454 e. The van der Waals surface area contributed by atoms with Crippen molar-refractivity contribution >= 4 is 75.3 Å². The van der Waals surface area contributed by atoms with Crippen LogP contribution in [-0.2, 0) is 0 Å². The van der Waals surface area contributed by atoms with Crippen molar-refractivity contribution in [2.75, 3.05) is 0 Å². The van der Waals surface area contributed by atoms with E-state index >= 15 is 0 Å². The molecule has 12 rings (SSSR count). The van der Waals surface area contributed by atoms with Crippen molar-refractivity contribution in [3.63, 3.8) is 0 Å². The SMILES string of the molecule is c1ccc(C2NC(c3ccccc3)NC(c3cccc4c3sc3ccc(-c5cccc6oc7c(-n8c9ccccc9c9ccccc98)cccc7c56)cc34)N2)cc1. The van der Waals surface area contributed by atoms with Gasteiger partial charge >= 0.3 is 0 Å². The van der Waals surface area contributed by atoms with Gasteiger partial charge in [0.15, 0.2) is 5.58 Å². The Labute approximate surface area is 332 Å². The average molecular weight is 753 g/mol. The number of rotatable bonds is 5. The second kappa shape index (κ2) is 13.0. The number of nitrogens with zero attached hydrogens (tertiary/aromatic N) is 1. The minimum atomic E-state index is -0.0762. The molecule has 0 amide bonds. The summed E-state index contributed by atoms with van der Waals surface area (Å²) < 4.78 is 11.8. The standard InChI is InChI=1S/C51H36N4OS/c1-3-14-31(15-4-1)49-52-50(32-16-5-2-6-17-32)54-51(53-49)39-23-11-21-37-40-30-33(28-29-45(40)57-48(37)39)34-20-13-27-44-46(34)38-22-12-26-43(47(38)56-44)55-41-24-9-7-18-35(41)36-19-8-10-25-42(36)55/h1-30,49-54H. The summed E-state index contributed by atoms with van der Waals surface area (Å²) in [7, 11) is 0. The maximum Gasteiger partial charge on any atom is 0.159 e. The van der Waals surface area contributed by atoms with Gasteiger partial charge in [0, 0.05) is 47.3 Å². The Morgan fingerprint density at radius 3 is 1.79 bits per heavy atom. The van der Waals surface area contributed by atoms with Crippen molar-refractivity contribution < 1.29 is 4.42 Å². The van der Waals surface area contributed by atoms with Crippen molar-refractivity contribution in [2.45, 2.75) is 18.5 Å². The van der Waals surface area contributed by atoms with Gasteiger partial charge in [-0.1, -0.05) is 146 Å². The maximum atomic E-state index is 6.84. The first-order valence-electron chi connectivity index (χ1n) is 19.5. The number of hydrogen-bond acceptors (Lipinski definition) is 5.